The largest absolute Gasteiger partial charge is 0.495 e. The van der Waals surface area contributed by atoms with Crippen LogP contribution in [0, 0.1) is 0 Å². The predicted molar refractivity (Wildman–Crippen MR) is 139 cm³/mol. The first-order valence-electron chi connectivity index (χ1n) is 10.5. The van der Waals surface area contributed by atoms with E-state index in [9.17, 15) is 0 Å². The van der Waals surface area contributed by atoms with Gasteiger partial charge < -0.3 is 19.9 Å². The standard InChI is InChI=1S/C24H29N5O.HI/c1-3-25-24(27-18-21-20-9-5-4-8-19(20)12-13-26-21)29-16-14-28(15-17-29)22-10-6-7-11-23(22)30-2;/h4-13H,3,14-18H2,1-2H3,(H,25,27);1H. The smallest absolute Gasteiger partial charge is 0.194 e. The summed E-state index contributed by atoms with van der Waals surface area (Å²) < 4.78 is 5.54. The molecule has 1 aromatic heterocycles. The van der Waals surface area contributed by atoms with Gasteiger partial charge in [-0.3, -0.25) is 4.98 Å². The lowest BCUT2D eigenvalue weighted by Crippen LogP contribution is -2.52. The van der Waals surface area contributed by atoms with Gasteiger partial charge in [0.2, 0.25) is 0 Å². The maximum atomic E-state index is 5.54. The van der Waals surface area contributed by atoms with Crippen LogP contribution in [0.2, 0.25) is 0 Å². The van der Waals surface area contributed by atoms with E-state index >= 15 is 0 Å². The molecule has 1 fully saturated rings. The molecule has 1 aliphatic rings. The van der Waals surface area contributed by atoms with Crippen molar-refractivity contribution in [3.63, 3.8) is 0 Å². The summed E-state index contributed by atoms with van der Waals surface area (Å²) in [6, 6.07) is 18.6. The molecule has 3 aromatic rings. The zero-order valence-corrected chi connectivity index (χ0v) is 20.5. The number of para-hydroxylation sites is 2. The van der Waals surface area contributed by atoms with Crippen LogP contribution in [-0.2, 0) is 6.54 Å². The molecule has 1 N–H and O–H groups in total. The Bertz CT molecular complexity index is 1010. The van der Waals surface area contributed by atoms with E-state index in [2.05, 4.69) is 63.4 Å². The van der Waals surface area contributed by atoms with E-state index in [1.807, 2.05) is 24.4 Å². The topological polar surface area (TPSA) is 53.0 Å². The van der Waals surface area contributed by atoms with Crippen LogP contribution in [0.25, 0.3) is 10.8 Å². The summed E-state index contributed by atoms with van der Waals surface area (Å²) in [4.78, 5) is 14.2. The fraction of sp³-hybridized carbons (Fsp3) is 0.333. The molecule has 0 radical (unpaired) electrons. The van der Waals surface area contributed by atoms with Gasteiger partial charge in [0.1, 0.15) is 5.75 Å². The number of hydrogen-bond donors (Lipinski definition) is 1. The molecule has 0 aliphatic carbocycles. The second-order valence-corrected chi connectivity index (χ2v) is 7.29. The molecule has 0 amide bonds. The van der Waals surface area contributed by atoms with Crippen LogP contribution in [0.15, 0.2) is 65.8 Å². The van der Waals surface area contributed by atoms with Crippen molar-refractivity contribution in [1.29, 1.82) is 0 Å². The third kappa shape index (κ3) is 5.39. The number of benzene rings is 2. The predicted octanol–water partition coefficient (Wildman–Crippen LogP) is 4.15. The molecule has 164 valence electrons. The average molecular weight is 531 g/mol. The average Bonchev–Trinajstić information content (AvgIpc) is 2.82. The Morgan fingerprint density at radius 2 is 1.77 bits per heavy atom. The SMILES string of the molecule is CCNC(=NCc1nccc2ccccc12)N1CCN(c2ccccc2OC)CC1.I. The van der Waals surface area contributed by atoms with Gasteiger partial charge in [-0.2, -0.15) is 0 Å². The number of aliphatic imine (C=N–C) groups is 1. The number of halogens is 1. The highest BCUT2D eigenvalue weighted by atomic mass is 127. The van der Waals surface area contributed by atoms with Crippen molar-refractivity contribution < 1.29 is 4.74 Å². The molecular weight excluding hydrogens is 501 g/mol. The second-order valence-electron chi connectivity index (χ2n) is 7.29. The Hall–Kier alpha value is -2.55. The van der Waals surface area contributed by atoms with Crippen LogP contribution in [0.5, 0.6) is 5.75 Å². The van der Waals surface area contributed by atoms with Gasteiger partial charge in [0, 0.05) is 44.3 Å². The van der Waals surface area contributed by atoms with E-state index in [4.69, 9.17) is 9.73 Å². The molecule has 0 bridgehead atoms. The molecule has 0 atom stereocenters. The minimum absolute atomic E-state index is 0. The van der Waals surface area contributed by atoms with E-state index in [1.54, 1.807) is 7.11 Å². The molecule has 1 aliphatic heterocycles. The summed E-state index contributed by atoms with van der Waals surface area (Å²) >= 11 is 0. The maximum absolute atomic E-state index is 5.54. The molecule has 7 heteroatoms. The number of pyridine rings is 1. The lowest BCUT2D eigenvalue weighted by molar-refractivity contribution is 0.367. The monoisotopic (exact) mass is 531 g/mol. The van der Waals surface area contributed by atoms with Crippen molar-refractivity contribution in [3.8, 4) is 5.75 Å². The number of methoxy groups -OCH3 is 1. The number of nitrogens with one attached hydrogen (secondary N) is 1. The van der Waals surface area contributed by atoms with E-state index in [1.165, 1.54) is 10.8 Å². The first-order chi connectivity index (χ1) is 14.8. The van der Waals surface area contributed by atoms with Gasteiger partial charge in [-0.05, 0) is 30.5 Å². The van der Waals surface area contributed by atoms with Crippen molar-refractivity contribution in [3.05, 3.63) is 66.5 Å². The molecular formula is C24H30IN5O. The summed E-state index contributed by atoms with van der Waals surface area (Å²) in [5.74, 6) is 1.88. The fourth-order valence-electron chi connectivity index (χ4n) is 3.93. The number of rotatable bonds is 5. The number of ether oxygens (including phenoxy) is 1. The van der Waals surface area contributed by atoms with Gasteiger partial charge in [-0.1, -0.05) is 36.4 Å². The summed E-state index contributed by atoms with van der Waals surface area (Å²) in [6.07, 6.45) is 1.87. The Kier molecular flexibility index (Phi) is 8.34. The highest BCUT2D eigenvalue weighted by molar-refractivity contribution is 14.0. The van der Waals surface area contributed by atoms with Gasteiger partial charge in [0.25, 0.3) is 0 Å². The normalized spacial score (nSPS) is 14.3. The number of nitrogens with zero attached hydrogens (tertiary/aromatic N) is 4. The van der Waals surface area contributed by atoms with Crippen LogP contribution >= 0.6 is 24.0 Å². The number of anilines is 1. The van der Waals surface area contributed by atoms with Crippen LogP contribution in [0.3, 0.4) is 0 Å². The molecule has 2 heterocycles. The zero-order chi connectivity index (χ0) is 20.8. The Morgan fingerprint density at radius 1 is 1.03 bits per heavy atom. The van der Waals surface area contributed by atoms with Crippen LogP contribution in [-0.4, -0.2) is 55.7 Å². The van der Waals surface area contributed by atoms with Crippen molar-refractivity contribution in [2.45, 2.75) is 13.5 Å². The molecule has 0 saturated carbocycles. The number of fused-ring (bicyclic) bond motifs is 1. The minimum Gasteiger partial charge on any atom is -0.495 e. The van der Waals surface area contributed by atoms with Gasteiger partial charge in [-0.25, -0.2) is 4.99 Å². The first-order valence-corrected chi connectivity index (χ1v) is 10.5. The van der Waals surface area contributed by atoms with Crippen molar-refractivity contribution in [1.82, 2.24) is 15.2 Å². The number of hydrogen-bond acceptors (Lipinski definition) is 4. The Balaban J connectivity index is 0.00000272. The van der Waals surface area contributed by atoms with Crippen LogP contribution in [0.1, 0.15) is 12.6 Å². The van der Waals surface area contributed by atoms with Gasteiger partial charge in [0.15, 0.2) is 5.96 Å². The molecule has 4 rings (SSSR count). The minimum atomic E-state index is 0. The molecule has 0 spiro atoms. The highest BCUT2D eigenvalue weighted by Crippen LogP contribution is 2.28. The third-order valence-corrected chi connectivity index (χ3v) is 5.47. The fourth-order valence-corrected chi connectivity index (χ4v) is 3.93. The first kappa shape index (κ1) is 23.1. The van der Waals surface area contributed by atoms with Gasteiger partial charge in [-0.15, -0.1) is 24.0 Å². The van der Waals surface area contributed by atoms with E-state index in [0.717, 1.165) is 55.8 Å². The number of aromatic nitrogens is 1. The van der Waals surface area contributed by atoms with Crippen molar-refractivity contribution in [2.75, 3.05) is 44.7 Å². The summed E-state index contributed by atoms with van der Waals surface area (Å²) in [5, 5.41) is 5.82. The Labute approximate surface area is 201 Å². The van der Waals surface area contributed by atoms with Crippen LogP contribution < -0.4 is 15.0 Å². The second kappa shape index (κ2) is 11.2. The third-order valence-electron chi connectivity index (χ3n) is 5.47. The molecule has 6 nitrogen and oxygen atoms in total. The lowest BCUT2D eigenvalue weighted by Gasteiger charge is -2.38. The van der Waals surface area contributed by atoms with E-state index < -0.39 is 0 Å². The van der Waals surface area contributed by atoms with Crippen LogP contribution in [0.4, 0.5) is 5.69 Å². The van der Waals surface area contributed by atoms with Crippen molar-refractivity contribution >= 4 is 46.4 Å². The Morgan fingerprint density at radius 3 is 2.55 bits per heavy atom. The van der Waals surface area contributed by atoms with Crippen molar-refractivity contribution in [2.24, 2.45) is 4.99 Å². The number of guanidine groups is 1. The lowest BCUT2D eigenvalue weighted by atomic mass is 10.1. The van der Waals surface area contributed by atoms with E-state index in [0.29, 0.717) is 6.54 Å². The van der Waals surface area contributed by atoms with E-state index in [-0.39, 0.29) is 24.0 Å². The molecule has 1 saturated heterocycles. The highest BCUT2D eigenvalue weighted by Gasteiger charge is 2.21. The quantitative estimate of drug-likeness (QED) is 0.305. The summed E-state index contributed by atoms with van der Waals surface area (Å²) in [7, 11) is 1.73. The molecule has 31 heavy (non-hydrogen) atoms. The van der Waals surface area contributed by atoms with Gasteiger partial charge in [0.05, 0.1) is 25.0 Å². The molecule has 0 unspecified atom stereocenters. The zero-order valence-electron chi connectivity index (χ0n) is 18.1. The number of piperazine rings is 1. The van der Waals surface area contributed by atoms with Gasteiger partial charge >= 0.3 is 0 Å². The summed E-state index contributed by atoms with van der Waals surface area (Å²) in [6.45, 7) is 7.19. The summed E-state index contributed by atoms with van der Waals surface area (Å²) in [5.41, 5.74) is 2.16. The molecule has 2 aromatic carbocycles. The maximum Gasteiger partial charge on any atom is 0.194 e.